The summed E-state index contributed by atoms with van der Waals surface area (Å²) in [6.07, 6.45) is 4.62. The molecule has 1 fully saturated rings. The van der Waals surface area contributed by atoms with Crippen LogP contribution in [-0.2, 0) is 18.3 Å². The van der Waals surface area contributed by atoms with E-state index < -0.39 is 0 Å². The summed E-state index contributed by atoms with van der Waals surface area (Å²) in [5.41, 5.74) is 2.04. The summed E-state index contributed by atoms with van der Waals surface area (Å²) < 4.78 is 13.2. The summed E-state index contributed by atoms with van der Waals surface area (Å²) in [4.78, 5) is 6.44. The summed E-state index contributed by atoms with van der Waals surface area (Å²) in [5, 5.41) is 5.09. The molecule has 3 heterocycles. The number of aromatic nitrogens is 3. The average Bonchev–Trinajstić information content (AvgIpc) is 3.09. The molecular formula is C17H23ClN4O2. The number of nitrogens with zero attached hydrogens (tertiary/aromatic N) is 4. The molecule has 7 heteroatoms. The van der Waals surface area contributed by atoms with E-state index in [1.807, 2.05) is 26.1 Å². The molecule has 3 rings (SSSR count). The van der Waals surface area contributed by atoms with E-state index in [1.54, 1.807) is 24.2 Å². The monoisotopic (exact) mass is 350 g/mol. The molecule has 0 unspecified atom stereocenters. The molecule has 2 aromatic rings. The Balaban J connectivity index is 1.69. The number of aryl methyl sites for hydroxylation is 2. The van der Waals surface area contributed by atoms with Crippen LogP contribution in [0.25, 0.3) is 0 Å². The summed E-state index contributed by atoms with van der Waals surface area (Å²) >= 11 is 6.39. The molecule has 1 aliphatic rings. The second-order valence-electron chi connectivity index (χ2n) is 6.15. The number of hydrogen-bond acceptors (Lipinski definition) is 5. The first-order valence-electron chi connectivity index (χ1n) is 8.06. The van der Waals surface area contributed by atoms with Crippen molar-refractivity contribution in [3.8, 4) is 5.75 Å². The van der Waals surface area contributed by atoms with Crippen LogP contribution in [0, 0.1) is 6.92 Å². The molecule has 0 radical (unpaired) electrons. The maximum atomic E-state index is 6.39. The van der Waals surface area contributed by atoms with E-state index in [2.05, 4.69) is 15.0 Å². The first-order valence-corrected chi connectivity index (χ1v) is 8.44. The third-order valence-electron chi connectivity index (χ3n) is 4.53. The molecule has 0 bridgehead atoms. The molecule has 0 amide bonds. The van der Waals surface area contributed by atoms with Gasteiger partial charge in [-0.25, -0.2) is 0 Å². The number of halogens is 1. The van der Waals surface area contributed by atoms with E-state index in [9.17, 15) is 0 Å². The van der Waals surface area contributed by atoms with Gasteiger partial charge in [-0.05, 0) is 25.5 Å². The maximum absolute atomic E-state index is 6.39. The summed E-state index contributed by atoms with van der Waals surface area (Å²) in [7, 11) is 3.62. The maximum Gasteiger partial charge on any atom is 0.137 e. The fourth-order valence-electron chi connectivity index (χ4n) is 3.16. The zero-order chi connectivity index (χ0) is 17.1. The van der Waals surface area contributed by atoms with Crippen molar-refractivity contribution in [1.82, 2.24) is 19.7 Å². The molecule has 2 aromatic heterocycles. The number of rotatable bonds is 6. The van der Waals surface area contributed by atoms with Gasteiger partial charge in [0.05, 0.1) is 18.0 Å². The SMILES string of the molecule is CO[C@@H]1C[C@@H](COc2cccnc2)N(Cc2c(C)nn(C)c2Cl)C1. The minimum atomic E-state index is 0.211. The number of likely N-dealkylation sites (tertiary alicyclic amines) is 1. The van der Waals surface area contributed by atoms with Gasteiger partial charge in [0.25, 0.3) is 0 Å². The fraction of sp³-hybridized carbons (Fsp3) is 0.529. The van der Waals surface area contributed by atoms with E-state index in [0.717, 1.165) is 36.5 Å². The zero-order valence-electron chi connectivity index (χ0n) is 14.3. The van der Waals surface area contributed by atoms with Gasteiger partial charge in [0.1, 0.15) is 17.5 Å². The van der Waals surface area contributed by atoms with Crippen LogP contribution >= 0.6 is 11.6 Å². The van der Waals surface area contributed by atoms with Gasteiger partial charge in [0.15, 0.2) is 0 Å². The minimum Gasteiger partial charge on any atom is -0.490 e. The Kier molecular flexibility index (Phi) is 5.38. The van der Waals surface area contributed by atoms with Crippen LogP contribution in [0.5, 0.6) is 5.75 Å². The lowest BCUT2D eigenvalue weighted by Crippen LogP contribution is -2.34. The molecule has 130 valence electrons. The highest BCUT2D eigenvalue weighted by molar-refractivity contribution is 6.30. The number of hydrogen-bond donors (Lipinski definition) is 0. The lowest BCUT2D eigenvalue weighted by Gasteiger charge is -2.24. The molecule has 0 saturated carbocycles. The lowest BCUT2D eigenvalue weighted by molar-refractivity contribution is 0.107. The van der Waals surface area contributed by atoms with Gasteiger partial charge in [-0.1, -0.05) is 11.6 Å². The molecule has 0 aromatic carbocycles. The smallest absolute Gasteiger partial charge is 0.137 e. The van der Waals surface area contributed by atoms with Crippen molar-refractivity contribution in [3.63, 3.8) is 0 Å². The standard InChI is InChI=1S/C17H23ClN4O2/c1-12-16(17(18)21(2)20-12)10-22-9-15(23-3)7-13(22)11-24-14-5-4-6-19-8-14/h4-6,8,13,15H,7,9-11H2,1-3H3/t13-,15+/m0/s1. The largest absolute Gasteiger partial charge is 0.490 e. The normalized spacial score (nSPS) is 21.3. The van der Waals surface area contributed by atoms with E-state index in [-0.39, 0.29) is 12.1 Å². The number of methoxy groups -OCH3 is 1. The number of pyridine rings is 1. The van der Waals surface area contributed by atoms with Gasteiger partial charge < -0.3 is 9.47 Å². The van der Waals surface area contributed by atoms with E-state index in [0.29, 0.717) is 11.8 Å². The Morgan fingerprint density at radius 3 is 2.88 bits per heavy atom. The second kappa shape index (κ2) is 7.51. The highest BCUT2D eigenvalue weighted by Crippen LogP contribution is 2.27. The van der Waals surface area contributed by atoms with Crippen LogP contribution in [-0.4, -0.2) is 52.1 Å². The van der Waals surface area contributed by atoms with Crippen molar-refractivity contribution in [2.45, 2.75) is 32.0 Å². The molecule has 2 atom stereocenters. The third kappa shape index (κ3) is 3.71. The van der Waals surface area contributed by atoms with Gasteiger partial charge in [0.2, 0.25) is 0 Å². The Hall–Kier alpha value is -1.63. The van der Waals surface area contributed by atoms with Crippen LogP contribution < -0.4 is 4.74 Å². The Labute approximate surface area is 147 Å². The molecule has 0 spiro atoms. The predicted octanol–water partition coefficient (Wildman–Crippen LogP) is 2.45. The Bertz CT molecular complexity index is 677. The summed E-state index contributed by atoms with van der Waals surface area (Å²) in [5.74, 6) is 0.786. The Morgan fingerprint density at radius 2 is 2.25 bits per heavy atom. The highest BCUT2D eigenvalue weighted by Gasteiger charge is 2.33. The molecule has 24 heavy (non-hydrogen) atoms. The topological polar surface area (TPSA) is 52.4 Å². The van der Waals surface area contributed by atoms with Crippen LogP contribution in [0.15, 0.2) is 24.5 Å². The van der Waals surface area contributed by atoms with Gasteiger partial charge in [-0.3, -0.25) is 14.6 Å². The van der Waals surface area contributed by atoms with Crippen molar-refractivity contribution < 1.29 is 9.47 Å². The van der Waals surface area contributed by atoms with Gasteiger partial charge in [-0.2, -0.15) is 5.10 Å². The zero-order valence-corrected chi connectivity index (χ0v) is 15.0. The van der Waals surface area contributed by atoms with Crippen molar-refractivity contribution >= 4 is 11.6 Å². The quantitative estimate of drug-likeness (QED) is 0.801. The van der Waals surface area contributed by atoms with Crippen molar-refractivity contribution in [1.29, 1.82) is 0 Å². The first-order chi connectivity index (χ1) is 11.6. The van der Waals surface area contributed by atoms with Crippen molar-refractivity contribution in [2.75, 3.05) is 20.3 Å². The molecule has 6 nitrogen and oxygen atoms in total. The fourth-order valence-corrected chi connectivity index (χ4v) is 3.39. The van der Waals surface area contributed by atoms with Crippen LogP contribution in [0.4, 0.5) is 0 Å². The lowest BCUT2D eigenvalue weighted by atomic mass is 10.2. The van der Waals surface area contributed by atoms with Crippen LogP contribution in [0.1, 0.15) is 17.7 Å². The second-order valence-corrected chi connectivity index (χ2v) is 6.51. The van der Waals surface area contributed by atoms with Crippen LogP contribution in [0.2, 0.25) is 5.15 Å². The number of ether oxygens (including phenoxy) is 2. The Morgan fingerprint density at radius 1 is 1.42 bits per heavy atom. The first kappa shape index (κ1) is 17.2. The molecule has 1 aliphatic heterocycles. The third-order valence-corrected chi connectivity index (χ3v) is 5.00. The van der Waals surface area contributed by atoms with Crippen LogP contribution in [0.3, 0.4) is 0 Å². The van der Waals surface area contributed by atoms with E-state index in [4.69, 9.17) is 21.1 Å². The van der Waals surface area contributed by atoms with E-state index in [1.165, 1.54) is 0 Å². The predicted molar refractivity (Wildman–Crippen MR) is 92.3 cm³/mol. The molecule has 0 aliphatic carbocycles. The minimum absolute atomic E-state index is 0.211. The average molecular weight is 351 g/mol. The van der Waals surface area contributed by atoms with Crippen molar-refractivity contribution in [3.05, 3.63) is 40.9 Å². The van der Waals surface area contributed by atoms with Gasteiger partial charge in [0, 0.05) is 45.0 Å². The summed E-state index contributed by atoms with van der Waals surface area (Å²) in [6, 6.07) is 4.06. The van der Waals surface area contributed by atoms with Gasteiger partial charge in [-0.15, -0.1) is 0 Å². The molecular weight excluding hydrogens is 328 g/mol. The van der Waals surface area contributed by atoms with E-state index >= 15 is 0 Å². The highest BCUT2D eigenvalue weighted by atomic mass is 35.5. The summed E-state index contributed by atoms with van der Waals surface area (Å²) in [6.45, 7) is 4.20. The van der Waals surface area contributed by atoms with Crippen molar-refractivity contribution in [2.24, 2.45) is 7.05 Å². The molecule has 1 saturated heterocycles. The molecule has 0 N–H and O–H groups in total. The van der Waals surface area contributed by atoms with Gasteiger partial charge >= 0.3 is 0 Å².